The van der Waals surface area contributed by atoms with Crippen LogP contribution in [0.25, 0.3) is 0 Å². The molecule has 10 heavy (non-hydrogen) atoms. The molecule has 0 bridgehead atoms. The molecular formula is CH7N5O3S. The fourth-order valence-corrected chi connectivity index (χ4v) is 0.352. The van der Waals surface area contributed by atoms with Crippen molar-refractivity contribution in [3.63, 3.8) is 0 Å². The SMILES string of the molecule is NC(=O)NNNS(N)(=O)=O. The molecule has 0 saturated heterocycles. The Balaban J connectivity index is 3.49. The third-order valence-electron chi connectivity index (χ3n) is 0.379. The number of hydrogen-bond acceptors (Lipinski definition) is 4. The third kappa shape index (κ3) is 7.10. The second kappa shape index (κ2) is 3.31. The number of nitrogens with two attached hydrogens (primary N) is 2. The molecule has 0 unspecified atom stereocenters. The Hall–Kier alpha value is -0.900. The van der Waals surface area contributed by atoms with Crippen LogP contribution in [-0.2, 0) is 10.2 Å². The zero-order valence-electron chi connectivity index (χ0n) is 4.79. The third-order valence-corrected chi connectivity index (χ3v) is 0.766. The molecule has 0 aromatic carbocycles. The van der Waals surface area contributed by atoms with Crippen molar-refractivity contribution in [1.82, 2.24) is 15.8 Å². The lowest BCUT2D eigenvalue weighted by Gasteiger charge is -2.02. The van der Waals surface area contributed by atoms with Gasteiger partial charge in [0.25, 0.3) is 10.2 Å². The maximum absolute atomic E-state index is 10.0. The zero-order valence-corrected chi connectivity index (χ0v) is 5.60. The van der Waals surface area contributed by atoms with E-state index in [0.29, 0.717) is 0 Å². The van der Waals surface area contributed by atoms with Crippen LogP contribution in [0.4, 0.5) is 4.79 Å². The van der Waals surface area contributed by atoms with Crippen molar-refractivity contribution in [3.05, 3.63) is 0 Å². The molecule has 0 aromatic heterocycles. The highest BCUT2D eigenvalue weighted by molar-refractivity contribution is 7.87. The number of primary amides is 1. The molecule has 2 amide bonds. The summed E-state index contributed by atoms with van der Waals surface area (Å²) in [5.74, 6) is 0. The van der Waals surface area contributed by atoms with Crippen molar-refractivity contribution in [2.24, 2.45) is 10.9 Å². The maximum atomic E-state index is 10.0. The van der Waals surface area contributed by atoms with Gasteiger partial charge >= 0.3 is 6.03 Å². The first-order valence-corrected chi connectivity index (χ1v) is 3.56. The van der Waals surface area contributed by atoms with Gasteiger partial charge in [0, 0.05) is 0 Å². The van der Waals surface area contributed by atoms with Gasteiger partial charge in [-0.2, -0.15) is 14.0 Å². The lowest BCUT2D eigenvalue weighted by Crippen LogP contribution is -2.52. The Labute approximate surface area is 57.1 Å². The monoisotopic (exact) mass is 169 g/mol. The molecule has 60 valence electrons. The van der Waals surface area contributed by atoms with Crippen molar-refractivity contribution in [2.45, 2.75) is 0 Å². The van der Waals surface area contributed by atoms with Crippen molar-refractivity contribution >= 4 is 16.2 Å². The fraction of sp³-hybridized carbons (Fsp3) is 0. The molecule has 0 spiro atoms. The summed E-state index contributed by atoms with van der Waals surface area (Å²) < 4.78 is 20.0. The summed E-state index contributed by atoms with van der Waals surface area (Å²) in [5, 5.41) is 4.43. The van der Waals surface area contributed by atoms with Gasteiger partial charge < -0.3 is 5.73 Å². The molecular weight excluding hydrogens is 162 g/mol. The van der Waals surface area contributed by atoms with Gasteiger partial charge in [-0.1, -0.05) is 0 Å². The Bertz CT molecular complexity index is 207. The first kappa shape index (κ1) is 9.10. The predicted octanol–water partition coefficient (Wildman–Crippen LogP) is -3.13. The summed E-state index contributed by atoms with van der Waals surface area (Å²) in [4.78, 5) is 11.4. The van der Waals surface area contributed by atoms with Crippen LogP contribution in [0.1, 0.15) is 0 Å². The summed E-state index contributed by atoms with van der Waals surface area (Å²) in [7, 11) is -3.85. The van der Waals surface area contributed by atoms with E-state index in [0.717, 1.165) is 0 Å². The first-order valence-electron chi connectivity index (χ1n) is 2.02. The van der Waals surface area contributed by atoms with E-state index in [-0.39, 0.29) is 0 Å². The molecule has 9 heteroatoms. The first-order chi connectivity index (χ1) is 4.42. The van der Waals surface area contributed by atoms with Gasteiger partial charge in [0.1, 0.15) is 0 Å². The molecule has 0 heterocycles. The van der Waals surface area contributed by atoms with Crippen LogP contribution in [0, 0.1) is 0 Å². The largest absolute Gasteiger partial charge is 0.351 e. The van der Waals surface area contributed by atoms with E-state index in [9.17, 15) is 13.2 Å². The van der Waals surface area contributed by atoms with Gasteiger partial charge in [-0.05, 0) is 0 Å². The Morgan fingerprint density at radius 3 is 2.20 bits per heavy atom. The quantitative estimate of drug-likeness (QED) is 0.285. The normalized spacial score (nSPS) is 10.9. The summed E-state index contributed by atoms with van der Waals surface area (Å²) >= 11 is 0. The molecule has 0 aliphatic carbocycles. The molecule has 0 aliphatic rings. The molecule has 0 atom stereocenters. The molecule has 8 nitrogen and oxygen atoms in total. The minimum Gasteiger partial charge on any atom is -0.351 e. The zero-order chi connectivity index (χ0) is 8.20. The number of urea groups is 1. The Morgan fingerprint density at radius 1 is 1.40 bits per heavy atom. The van der Waals surface area contributed by atoms with Crippen LogP contribution in [0.15, 0.2) is 0 Å². The maximum Gasteiger partial charge on any atom is 0.327 e. The smallest absolute Gasteiger partial charge is 0.327 e. The van der Waals surface area contributed by atoms with Crippen LogP contribution in [0.3, 0.4) is 0 Å². The number of rotatable bonds is 3. The number of hydrogen-bond donors (Lipinski definition) is 5. The molecule has 0 rings (SSSR count). The molecule has 0 radical (unpaired) electrons. The van der Waals surface area contributed by atoms with E-state index in [1.54, 1.807) is 15.8 Å². The summed E-state index contributed by atoms with van der Waals surface area (Å²) in [6, 6.07) is -0.934. The number of hydrazine groups is 2. The summed E-state index contributed by atoms with van der Waals surface area (Å²) in [6.07, 6.45) is 0. The fourth-order valence-electron chi connectivity index (χ4n) is 0.158. The van der Waals surface area contributed by atoms with Gasteiger partial charge in [-0.15, -0.1) is 4.83 Å². The van der Waals surface area contributed by atoms with Crippen LogP contribution >= 0.6 is 0 Å². The number of amides is 2. The second-order valence-electron chi connectivity index (χ2n) is 1.26. The van der Waals surface area contributed by atoms with Gasteiger partial charge in [-0.3, -0.25) is 5.43 Å². The van der Waals surface area contributed by atoms with Crippen LogP contribution < -0.4 is 26.7 Å². The molecule has 7 N–H and O–H groups in total. The number of nitrogens with one attached hydrogen (secondary N) is 3. The Morgan fingerprint density at radius 2 is 1.90 bits per heavy atom. The molecule has 0 fully saturated rings. The average molecular weight is 169 g/mol. The van der Waals surface area contributed by atoms with Crippen molar-refractivity contribution in [3.8, 4) is 0 Å². The lowest BCUT2D eigenvalue weighted by atomic mass is 11.2. The van der Waals surface area contributed by atoms with E-state index in [1.807, 2.05) is 0 Å². The van der Waals surface area contributed by atoms with E-state index in [4.69, 9.17) is 0 Å². The number of carbonyl (C=O) groups is 1. The van der Waals surface area contributed by atoms with Gasteiger partial charge in [-0.25, -0.2) is 9.93 Å². The minimum atomic E-state index is -3.85. The summed E-state index contributed by atoms with van der Waals surface area (Å²) in [6.45, 7) is 0. The molecule has 0 aliphatic heterocycles. The van der Waals surface area contributed by atoms with Gasteiger partial charge in [0.05, 0.1) is 0 Å². The molecule has 0 saturated carbocycles. The van der Waals surface area contributed by atoms with Gasteiger partial charge in [0.2, 0.25) is 0 Å². The standard InChI is InChI=1S/CH7N5O3S/c2-1(7)4-5-6-10(3,8)9/h5-6H,(H3,2,4,7)(H2,3,8,9). The number of carbonyl (C=O) groups excluding carboxylic acids is 1. The molecule has 0 aromatic rings. The van der Waals surface area contributed by atoms with Crippen molar-refractivity contribution in [2.75, 3.05) is 0 Å². The van der Waals surface area contributed by atoms with Gasteiger partial charge in [0.15, 0.2) is 0 Å². The highest BCUT2D eigenvalue weighted by Gasteiger charge is 1.97. The minimum absolute atomic E-state index is 0.934. The summed E-state index contributed by atoms with van der Waals surface area (Å²) in [5.41, 5.74) is 7.99. The lowest BCUT2D eigenvalue weighted by molar-refractivity contribution is 0.244. The van der Waals surface area contributed by atoms with E-state index in [2.05, 4.69) is 10.9 Å². The average Bonchev–Trinajstić information content (AvgIpc) is 1.59. The van der Waals surface area contributed by atoms with Crippen molar-refractivity contribution in [1.29, 1.82) is 0 Å². The topological polar surface area (TPSA) is 139 Å². The van der Waals surface area contributed by atoms with E-state index < -0.39 is 16.2 Å². The van der Waals surface area contributed by atoms with Crippen LogP contribution in [0.5, 0.6) is 0 Å². The van der Waals surface area contributed by atoms with E-state index in [1.165, 1.54) is 0 Å². The van der Waals surface area contributed by atoms with Crippen LogP contribution in [0.2, 0.25) is 0 Å². The van der Waals surface area contributed by atoms with Crippen LogP contribution in [-0.4, -0.2) is 14.4 Å². The highest BCUT2D eigenvalue weighted by atomic mass is 32.2. The predicted molar refractivity (Wildman–Crippen MR) is 32.1 cm³/mol. The van der Waals surface area contributed by atoms with Crippen molar-refractivity contribution < 1.29 is 13.2 Å². The van der Waals surface area contributed by atoms with E-state index >= 15 is 0 Å². The second-order valence-corrected chi connectivity index (χ2v) is 2.56. The highest BCUT2D eigenvalue weighted by Crippen LogP contribution is 1.56. The Kier molecular flexibility index (Phi) is 3.02.